The molecule has 4 nitrogen and oxygen atoms in total. The van der Waals surface area contributed by atoms with Gasteiger partial charge in [0.2, 0.25) is 0 Å². The van der Waals surface area contributed by atoms with E-state index >= 15 is 0 Å². The maximum absolute atomic E-state index is 8.97. The van der Waals surface area contributed by atoms with E-state index in [4.69, 9.17) is 14.7 Å². The molecule has 102 valence electrons. The summed E-state index contributed by atoms with van der Waals surface area (Å²) in [5.74, 6) is 1.33. The zero-order valence-corrected chi connectivity index (χ0v) is 11.3. The molecule has 1 aromatic carbocycles. The lowest BCUT2D eigenvalue weighted by Gasteiger charge is -2.16. The lowest BCUT2D eigenvalue weighted by molar-refractivity contribution is 0.150. The molecular formula is C15H20N2O2. The Balaban J connectivity index is 1.74. The van der Waals surface area contributed by atoms with Crippen LogP contribution in [0.15, 0.2) is 24.3 Å². The summed E-state index contributed by atoms with van der Waals surface area (Å²) in [6.07, 6.45) is 1.20. The molecule has 19 heavy (non-hydrogen) atoms. The largest absolute Gasteiger partial charge is 0.491 e. The van der Waals surface area contributed by atoms with Crippen LogP contribution in [0.3, 0.4) is 0 Å². The van der Waals surface area contributed by atoms with Gasteiger partial charge in [-0.15, -0.1) is 0 Å². The normalized spacial score (nSPS) is 19.3. The third-order valence-electron chi connectivity index (χ3n) is 3.44. The van der Waals surface area contributed by atoms with Crippen molar-refractivity contribution in [1.29, 1.82) is 5.26 Å². The minimum absolute atomic E-state index is 0.598. The van der Waals surface area contributed by atoms with Crippen molar-refractivity contribution in [3.63, 3.8) is 0 Å². The zero-order valence-electron chi connectivity index (χ0n) is 11.3. The van der Waals surface area contributed by atoms with Crippen molar-refractivity contribution in [3.05, 3.63) is 29.8 Å². The number of methoxy groups -OCH3 is 1. The highest BCUT2D eigenvalue weighted by molar-refractivity contribution is 5.42. The fourth-order valence-corrected chi connectivity index (χ4v) is 2.46. The van der Waals surface area contributed by atoms with Gasteiger partial charge in [0.05, 0.1) is 12.2 Å². The van der Waals surface area contributed by atoms with Crippen molar-refractivity contribution in [3.8, 4) is 11.8 Å². The minimum Gasteiger partial charge on any atom is -0.491 e. The van der Waals surface area contributed by atoms with Crippen molar-refractivity contribution in [1.82, 2.24) is 4.90 Å². The predicted molar refractivity (Wildman–Crippen MR) is 73.1 cm³/mol. The Morgan fingerprint density at radius 1 is 1.42 bits per heavy atom. The molecule has 1 unspecified atom stereocenters. The summed E-state index contributed by atoms with van der Waals surface area (Å²) >= 11 is 0. The number of likely N-dealkylation sites (tertiary alicyclic amines) is 1. The second kappa shape index (κ2) is 7.13. The van der Waals surface area contributed by atoms with Gasteiger partial charge in [-0.1, -0.05) is 12.1 Å². The van der Waals surface area contributed by atoms with Crippen LogP contribution in [0.25, 0.3) is 0 Å². The van der Waals surface area contributed by atoms with Crippen molar-refractivity contribution in [2.45, 2.75) is 6.42 Å². The van der Waals surface area contributed by atoms with E-state index in [0.29, 0.717) is 23.8 Å². The number of nitrogens with zero attached hydrogens (tertiary/aromatic N) is 2. The molecule has 1 saturated heterocycles. The Kier molecular flexibility index (Phi) is 5.20. The third-order valence-corrected chi connectivity index (χ3v) is 3.44. The summed E-state index contributed by atoms with van der Waals surface area (Å²) in [6.45, 7) is 4.56. The SMILES string of the molecule is COCC1CCN(CCOc2ccccc2C#N)C1. The van der Waals surface area contributed by atoms with Crippen LogP contribution in [0, 0.1) is 17.2 Å². The molecule has 0 amide bonds. The van der Waals surface area contributed by atoms with E-state index in [1.54, 1.807) is 13.2 Å². The molecule has 0 aliphatic carbocycles. The molecule has 0 aromatic heterocycles. The molecule has 1 atom stereocenters. The Hall–Kier alpha value is -1.57. The van der Waals surface area contributed by atoms with Crippen LogP contribution < -0.4 is 4.74 Å². The predicted octanol–water partition coefficient (Wildman–Crippen LogP) is 1.91. The third kappa shape index (κ3) is 3.95. The Morgan fingerprint density at radius 2 is 2.26 bits per heavy atom. The monoisotopic (exact) mass is 260 g/mol. The summed E-state index contributed by atoms with van der Waals surface area (Å²) in [5, 5.41) is 8.97. The van der Waals surface area contributed by atoms with Crippen molar-refractivity contribution < 1.29 is 9.47 Å². The number of ether oxygens (including phenoxy) is 2. The first kappa shape index (κ1) is 13.9. The number of rotatable bonds is 6. The molecule has 1 aliphatic heterocycles. The molecule has 0 radical (unpaired) electrons. The number of benzene rings is 1. The van der Waals surface area contributed by atoms with E-state index in [9.17, 15) is 0 Å². The van der Waals surface area contributed by atoms with E-state index in [1.807, 2.05) is 18.2 Å². The molecule has 0 bridgehead atoms. The van der Waals surface area contributed by atoms with Gasteiger partial charge in [-0.25, -0.2) is 0 Å². The molecular weight excluding hydrogens is 240 g/mol. The van der Waals surface area contributed by atoms with E-state index in [1.165, 1.54) is 6.42 Å². The van der Waals surface area contributed by atoms with Gasteiger partial charge in [0, 0.05) is 20.2 Å². The molecule has 2 rings (SSSR count). The number of para-hydroxylation sites is 1. The van der Waals surface area contributed by atoms with E-state index < -0.39 is 0 Å². The lowest BCUT2D eigenvalue weighted by atomic mass is 10.1. The van der Waals surface area contributed by atoms with E-state index in [-0.39, 0.29) is 0 Å². The smallest absolute Gasteiger partial charge is 0.137 e. The average Bonchev–Trinajstić information content (AvgIpc) is 2.87. The van der Waals surface area contributed by atoms with E-state index in [0.717, 1.165) is 26.2 Å². The van der Waals surface area contributed by atoms with Crippen LogP contribution in [0.5, 0.6) is 5.75 Å². The van der Waals surface area contributed by atoms with Gasteiger partial charge in [-0.05, 0) is 31.0 Å². The molecule has 4 heteroatoms. The Bertz CT molecular complexity index is 442. The van der Waals surface area contributed by atoms with Gasteiger partial charge >= 0.3 is 0 Å². The van der Waals surface area contributed by atoms with Gasteiger partial charge in [0.15, 0.2) is 0 Å². The fourth-order valence-electron chi connectivity index (χ4n) is 2.46. The zero-order chi connectivity index (χ0) is 13.5. The highest BCUT2D eigenvalue weighted by atomic mass is 16.5. The molecule has 1 fully saturated rings. The number of nitriles is 1. The number of hydrogen-bond acceptors (Lipinski definition) is 4. The van der Waals surface area contributed by atoms with Crippen molar-refractivity contribution >= 4 is 0 Å². The topological polar surface area (TPSA) is 45.5 Å². The van der Waals surface area contributed by atoms with Gasteiger partial charge in [0.25, 0.3) is 0 Å². The van der Waals surface area contributed by atoms with Crippen LogP contribution in [0.2, 0.25) is 0 Å². The van der Waals surface area contributed by atoms with Crippen LogP contribution in [0.1, 0.15) is 12.0 Å². The lowest BCUT2D eigenvalue weighted by Crippen LogP contribution is -2.27. The van der Waals surface area contributed by atoms with Crippen LogP contribution in [-0.4, -0.2) is 44.9 Å². The van der Waals surface area contributed by atoms with Gasteiger partial charge in [-0.3, -0.25) is 4.90 Å². The quantitative estimate of drug-likeness (QED) is 0.783. The van der Waals surface area contributed by atoms with Crippen molar-refractivity contribution in [2.24, 2.45) is 5.92 Å². The summed E-state index contributed by atoms with van der Waals surface area (Å²) in [5.41, 5.74) is 0.598. The summed E-state index contributed by atoms with van der Waals surface area (Å²) in [6, 6.07) is 9.50. The second-order valence-electron chi connectivity index (χ2n) is 4.87. The molecule has 0 saturated carbocycles. The first-order valence-corrected chi connectivity index (χ1v) is 6.66. The van der Waals surface area contributed by atoms with Crippen molar-refractivity contribution in [2.75, 3.05) is 40.0 Å². The first-order valence-electron chi connectivity index (χ1n) is 6.66. The molecule has 1 aromatic rings. The summed E-state index contributed by atoms with van der Waals surface area (Å²) in [4.78, 5) is 2.39. The Morgan fingerprint density at radius 3 is 3.05 bits per heavy atom. The van der Waals surface area contributed by atoms with Gasteiger partial charge < -0.3 is 9.47 Å². The van der Waals surface area contributed by atoms with E-state index in [2.05, 4.69) is 11.0 Å². The summed E-state index contributed by atoms with van der Waals surface area (Å²) in [7, 11) is 1.75. The second-order valence-corrected chi connectivity index (χ2v) is 4.87. The van der Waals surface area contributed by atoms with Crippen LogP contribution in [-0.2, 0) is 4.74 Å². The Labute approximate surface area is 114 Å². The average molecular weight is 260 g/mol. The first-order chi connectivity index (χ1) is 9.33. The molecule has 1 aliphatic rings. The maximum Gasteiger partial charge on any atom is 0.137 e. The fraction of sp³-hybridized carbons (Fsp3) is 0.533. The van der Waals surface area contributed by atoms with Crippen LogP contribution in [0.4, 0.5) is 0 Å². The highest BCUT2D eigenvalue weighted by Gasteiger charge is 2.21. The minimum atomic E-state index is 0.598. The van der Waals surface area contributed by atoms with Crippen LogP contribution >= 0.6 is 0 Å². The highest BCUT2D eigenvalue weighted by Crippen LogP contribution is 2.18. The molecule has 1 heterocycles. The molecule has 0 N–H and O–H groups in total. The number of hydrogen-bond donors (Lipinski definition) is 0. The molecule has 0 spiro atoms. The standard InChI is InChI=1S/C15H20N2O2/c1-18-12-13-6-7-17(11-13)8-9-19-15-5-3-2-4-14(15)10-16/h2-5,13H,6-9,11-12H2,1H3. The summed E-state index contributed by atoms with van der Waals surface area (Å²) < 4.78 is 10.9. The van der Waals surface area contributed by atoms with Gasteiger partial charge in [0.1, 0.15) is 18.4 Å². The maximum atomic E-state index is 8.97. The van der Waals surface area contributed by atoms with Gasteiger partial charge in [-0.2, -0.15) is 5.26 Å².